The summed E-state index contributed by atoms with van der Waals surface area (Å²) < 4.78 is 5.64. The van der Waals surface area contributed by atoms with Gasteiger partial charge < -0.3 is 9.73 Å². The molecule has 2 heterocycles. The van der Waals surface area contributed by atoms with Gasteiger partial charge in [0.15, 0.2) is 5.69 Å². The zero-order valence-corrected chi connectivity index (χ0v) is 18.1. The molecule has 0 aliphatic carbocycles. The topological polar surface area (TPSA) is 71.3 Å². The van der Waals surface area contributed by atoms with Crippen molar-refractivity contribution in [2.75, 3.05) is 0 Å². The number of pyridine rings is 1. The van der Waals surface area contributed by atoms with Crippen molar-refractivity contribution in [1.29, 1.82) is 0 Å². The SMILES string of the molecule is Cc1ccc(CN(Cc2ccccc2)Cc2nc(C(=O)NCc3ccncc3)co2)cc1. The van der Waals surface area contributed by atoms with Crippen LogP contribution in [-0.4, -0.2) is 20.8 Å². The Morgan fingerprint density at radius 2 is 1.56 bits per heavy atom. The number of benzene rings is 2. The molecule has 0 unspecified atom stereocenters. The first-order valence-corrected chi connectivity index (χ1v) is 10.6. The number of nitrogens with zero attached hydrogens (tertiary/aromatic N) is 3. The van der Waals surface area contributed by atoms with E-state index in [1.807, 2.05) is 30.3 Å². The van der Waals surface area contributed by atoms with Gasteiger partial charge in [-0.3, -0.25) is 14.7 Å². The van der Waals surface area contributed by atoms with Crippen LogP contribution in [0.1, 0.15) is 38.6 Å². The van der Waals surface area contributed by atoms with Crippen LogP contribution in [0.3, 0.4) is 0 Å². The molecule has 0 saturated carbocycles. The Labute approximate surface area is 187 Å². The standard InChI is InChI=1S/C26H26N4O2/c1-20-7-9-23(10-8-20)17-30(16-22-5-3-2-4-6-22)18-25-29-24(19-32-25)26(31)28-15-21-11-13-27-14-12-21/h2-14,19H,15-18H2,1H3,(H,28,31). The van der Waals surface area contributed by atoms with Gasteiger partial charge in [-0.1, -0.05) is 60.2 Å². The van der Waals surface area contributed by atoms with E-state index in [1.165, 1.54) is 23.0 Å². The van der Waals surface area contributed by atoms with E-state index in [1.54, 1.807) is 12.4 Å². The third-order valence-electron chi connectivity index (χ3n) is 5.12. The van der Waals surface area contributed by atoms with Gasteiger partial charge in [0.25, 0.3) is 5.91 Å². The Kier molecular flexibility index (Phi) is 7.05. The van der Waals surface area contributed by atoms with Crippen molar-refractivity contribution >= 4 is 5.91 Å². The van der Waals surface area contributed by atoms with Gasteiger partial charge >= 0.3 is 0 Å². The van der Waals surface area contributed by atoms with Crippen LogP contribution in [0.15, 0.2) is 89.8 Å². The maximum absolute atomic E-state index is 12.5. The fourth-order valence-electron chi connectivity index (χ4n) is 3.41. The van der Waals surface area contributed by atoms with Gasteiger partial charge in [-0.2, -0.15) is 0 Å². The number of amides is 1. The van der Waals surface area contributed by atoms with Crippen LogP contribution in [0, 0.1) is 6.92 Å². The monoisotopic (exact) mass is 426 g/mol. The van der Waals surface area contributed by atoms with Crippen molar-refractivity contribution < 1.29 is 9.21 Å². The molecule has 0 atom stereocenters. The second kappa shape index (κ2) is 10.5. The second-order valence-corrected chi connectivity index (χ2v) is 7.78. The van der Waals surface area contributed by atoms with E-state index in [9.17, 15) is 4.79 Å². The van der Waals surface area contributed by atoms with Gasteiger partial charge in [0.05, 0.1) is 6.54 Å². The number of nitrogens with one attached hydrogen (secondary N) is 1. The number of carbonyl (C=O) groups excluding carboxylic acids is 1. The number of aryl methyl sites for hydroxylation is 1. The van der Waals surface area contributed by atoms with Crippen molar-refractivity contribution in [3.63, 3.8) is 0 Å². The van der Waals surface area contributed by atoms with Crippen LogP contribution in [-0.2, 0) is 26.2 Å². The number of carbonyl (C=O) groups is 1. The van der Waals surface area contributed by atoms with Crippen LogP contribution in [0.2, 0.25) is 0 Å². The zero-order valence-electron chi connectivity index (χ0n) is 18.1. The minimum absolute atomic E-state index is 0.259. The van der Waals surface area contributed by atoms with Crippen LogP contribution in [0.25, 0.3) is 0 Å². The number of hydrogen-bond donors (Lipinski definition) is 1. The fraction of sp³-hybridized carbons (Fsp3) is 0.192. The molecule has 2 aromatic heterocycles. The Balaban J connectivity index is 1.42. The Bertz CT molecular complexity index is 1130. The van der Waals surface area contributed by atoms with Gasteiger partial charge in [-0.25, -0.2) is 4.98 Å². The molecule has 0 radical (unpaired) electrons. The summed E-state index contributed by atoms with van der Waals surface area (Å²) >= 11 is 0. The number of rotatable bonds is 9. The molecule has 2 aromatic carbocycles. The van der Waals surface area contributed by atoms with Gasteiger partial charge in [0, 0.05) is 32.0 Å². The molecule has 6 nitrogen and oxygen atoms in total. The maximum atomic E-state index is 12.5. The fourth-order valence-corrected chi connectivity index (χ4v) is 3.41. The summed E-state index contributed by atoms with van der Waals surface area (Å²) in [5, 5.41) is 2.86. The van der Waals surface area contributed by atoms with E-state index in [0.29, 0.717) is 19.0 Å². The van der Waals surface area contributed by atoms with Gasteiger partial charge in [-0.15, -0.1) is 0 Å². The molecule has 0 bridgehead atoms. The summed E-state index contributed by atoms with van der Waals surface area (Å²) in [7, 11) is 0. The number of hydrogen-bond acceptors (Lipinski definition) is 5. The van der Waals surface area contributed by atoms with Crippen molar-refractivity contribution in [1.82, 2.24) is 20.2 Å². The quantitative estimate of drug-likeness (QED) is 0.426. The minimum atomic E-state index is -0.259. The molecule has 4 rings (SSSR count). The summed E-state index contributed by atoms with van der Waals surface area (Å²) in [6.07, 6.45) is 4.82. The predicted octanol–water partition coefficient (Wildman–Crippen LogP) is 4.51. The van der Waals surface area contributed by atoms with E-state index in [4.69, 9.17) is 4.42 Å². The van der Waals surface area contributed by atoms with Gasteiger partial charge in [0.2, 0.25) is 5.89 Å². The molecule has 32 heavy (non-hydrogen) atoms. The molecule has 0 fully saturated rings. The largest absolute Gasteiger partial charge is 0.447 e. The molecule has 1 amide bonds. The molecule has 6 heteroatoms. The highest BCUT2D eigenvalue weighted by Crippen LogP contribution is 2.15. The Morgan fingerprint density at radius 1 is 0.875 bits per heavy atom. The number of oxazole rings is 1. The lowest BCUT2D eigenvalue weighted by molar-refractivity contribution is 0.0945. The Hall–Kier alpha value is -3.77. The first-order chi connectivity index (χ1) is 15.7. The third kappa shape index (κ3) is 6.12. The smallest absolute Gasteiger partial charge is 0.273 e. The summed E-state index contributed by atoms with van der Waals surface area (Å²) in [5.41, 5.74) is 4.92. The molecule has 4 aromatic rings. The van der Waals surface area contributed by atoms with E-state index >= 15 is 0 Å². The average molecular weight is 427 g/mol. The van der Waals surface area contributed by atoms with Crippen molar-refractivity contribution in [2.45, 2.75) is 33.1 Å². The summed E-state index contributed by atoms with van der Waals surface area (Å²) in [6.45, 7) is 4.50. The summed E-state index contributed by atoms with van der Waals surface area (Å²) in [5.74, 6) is 0.257. The normalized spacial score (nSPS) is 10.9. The lowest BCUT2D eigenvalue weighted by atomic mass is 10.1. The summed E-state index contributed by atoms with van der Waals surface area (Å²) in [4.78, 5) is 23.1. The van der Waals surface area contributed by atoms with Crippen LogP contribution in [0.5, 0.6) is 0 Å². The molecule has 0 spiro atoms. The van der Waals surface area contributed by atoms with E-state index in [-0.39, 0.29) is 11.6 Å². The first kappa shape index (κ1) is 21.5. The van der Waals surface area contributed by atoms with E-state index < -0.39 is 0 Å². The Morgan fingerprint density at radius 3 is 2.28 bits per heavy atom. The molecule has 1 N–H and O–H groups in total. The van der Waals surface area contributed by atoms with Gasteiger partial charge in [-0.05, 0) is 35.7 Å². The second-order valence-electron chi connectivity index (χ2n) is 7.78. The minimum Gasteiger partial charge on any atom is -0.447 e. The third-order valence-corrected chi connectivity index (χ3v) is 5.12. The van der Waals surface area contributed by atoms with E-state index in [2.05, 4.69) is 63.5 Å². The van der Waals surface area contributed by atoms with Crippen molar-refractivity contribution in [3.8, 4) is 0 Å². The van der Waals surface area contributed by atoms with Crippen LogP contribution >= 0.6 is 0 Å². The highest BCUT2D eigenvalue weighted by molar-refractivity contribution is 5.91. The predicted molar refractivity (Wildman–Crippen MR) is 122 cm³/mol. The average Bonchev–Trinajstić information content (AvgIpc) is 3.29. The van der Waals surface area contributed by atoms with Crippen LogP contribution in [0.4, 0.5) is 0 Å². The molecular formula is C26H26N4O2. The molecule has 0 aliphatic rings. The molecule has 162 valence electrons. The zero-order chi connectivity index (χ0) is 22.2. The lowest BCUT2D eigenvalue weighted by Gasteiger charge is -2.21. The van der Waals surface area contributed by atoms with Crippen molar-refractivity contribution in [2.24, 2.45) is 0 Å². The highest BCUT2D eigenvalue weighted by atomic mass is 16.3. The van der Waals surface area contributed by atoms with Crippen LogP contribution < -0.4 is 5.32 Å². The maximum Gasteiger partial charge on any atom is 0.273 e. The van der Waals surface area contributed by atoms with E-state index in [0.717, 1.165) is 18.7 Å². The lowest BCUT2D eigenvalue weighted by Crippen LogP contribution is -2.24. The van der Waals surface area contributed by atoms with Crippen molar-refractivity contribution in [3.05, 3.63) is 119 Å². The molecule has 0 saturated heterocycles. The molecular weight excluding hydrogens is 400 g/mol. The number of aromatic nitrogens is 2. The summed E-state index contributed by atoms with van der Waals surface area (Å²) in [6, 6.07) is 22.5. The highest BCUT2D eigenvalue weighted by Gasteiger charge is 2.16. The molecule has 0 aliphatic heterocycles. The van der Waals surface area contributed by atoms with Gasteiger partial charge in [0.1, 0.15) is 6.26 Å². The first-order valence-electron chi connectivity index (χ1n) is 10.6.